The molecule has 1 saturated carbocycles. The van der Waals surface area contributed by atoms with Crippen LogP contribution in [-0.2, 0) is 19.1 Å². The minimum Gasteiger partial charge on any atom is -0.462 e. The standard InChI is InChI=1S/C22H28O4/c1-13(23)25-16-5-7-17-15(12-16)4-6-19-18(17)10-11-22(3)20(19)8-9-21(22)26-14(2)24/h10,12,19-21H,4-9,11H2,1-3H3/t19?,20-,21?,22?/m0/s1. The lowest BCUT2D eigenvalue weighted by molar-refractivity contribution is -0.152. The Morgan fingerprint density at radius 3 is 2.62 bits per heavy atom. The average molecular weight is 356 g/mol. The van der Waals surface area contributed by atoms with Crippen LogP contribution in [0.4, 0.5) is 0 Å². The Balaban J connectivity index is 1.62. The average Bonchev–Trinajstić information content (AvgIpc) is 2.90. The molecule has 0 amide bonds. The summed E-state index contributed by atoms with van der Waals surface area (Å²) >= 11 is 0. The van der Waals surface area contributed by atoms with Crippen molar-refractivity contribution in [3.63, 3.8) is 0 Å². The highest BCUT2D eigenvalue weighted by atomic mass is 16.5. The Bertz CT molecular complexity index is 741. The van der Waals surface area contributed by atoms with Gasteiger partial charge in [-0.3, -0.25) is 9.59 Å². The highest BCUT2D eigenvalue weighted by Gasteiger charge is 2.54. The summed E-state index contributed by atoms with van der Waals surface area (Å²) in [6.07, 6.45) is 11.7. The molecular formula is C22H28O4. The number of hydrogen-bond donors (Lipinski definition) is 0. The number of rotatable bonds is 2. The van der Waals surface area contributed by atoms with E-state index in [0.29, 0.717) is 11.8 Å². The summed E-state index contributed by atoms with van der Waals surface area (Å²) in [5, 5.41) is 0. The fraction of sp³-hybridized carbons (Fsp3) is 0.636. The molecule has 26 heavy (non-hydrogen) atoms. The highest BCUT2D eigenvalue weighted by molar-refractivity contribution is 5.67. The van der Waals surface area contributed by atoms with E-state index in [1.165, 1.54) is 30.6 Å². The van der Waals surface area contributed by atoms with Crippen molar-refractivity contribution in [1.29, 1.82) is 0 Å². The van der Waals surface area contributed by atoms with Crippen LogP contribution in [0.15, 0.2) is 34.6 Å². The monoisotopic (exact) mass is 356 g/mol. The van der Waals surface area contributed by atoms with Crippen molar-refractivity contribution in [2.75, 3.05) is 0 Å². The van der Waals surface area contributed by atoms with Crippen LogP contribution in [0.1, 0.15) is 65.7 Å². The number of esters is 2. The maximum atomic E-state index is 11.5. The molecule has 4 aliphatic rings. The van der Waals surface area contributed by atoms with Gasteiger partial charge in [0.05, 0.1) is 0 Å². The van der Waals surface area contributed by atoms with E-state index in [0.717, 1.165) is 50.7 Å². The Kier molecular flexibility index (Phi) is 4.32. The van der Waals surface area contributed by atoms with Gasteiger partial charge in [-0.05, 0) is 73.2 Å². The molecule has 4 heteroatoms. The smallest absolute Gasteiger partial charge is 0.307 e. The molecule has 0 aliphatic heterocycles. The van der Waals surface area contributed by atoms with E-state index in [9.17, 15) is 9.59 Å². The third-order valence-corrected chi connectivity index (χ3v) is 6.97. The van der Waals surface area contributed by atoms with Crippen molar-refractivity contribution < 1.29 is 19.1 Å². The van der Waals surface area contributed by atoms with Gasteiger partial charge in [-0.2, -0.15) is 0 Å². The predicted octanol–water partition coefficient (Wildman–Crippen LogP) is 4.61. The molecule has 3 unspecified atom stereocenters. The van der Waals surface area contributed by atoms with Crippen molar-refractivity contribution >= 4 is 11.9 Å². The van der Waals surface area contributed by atoms with Gasteiger partial charge in [-0.25, -0.2) is 0 Å². The lowest BCUT2D eigenvalue weighted by Gasteiger charge is -2.47. The maximum Gasteiger partial charge on any atom is 0.307 e. The second-order valence-electron chi connectivity index (χ2n) is 8.50. The third kappa shape index (κ3) is 2.83. The van der Waals surface area contributed by atoms with Crippen LogP contribution in [0.5, 0.6) is 0 Å². The molecule has 0 aromatic heterocycles. The number of fused-ring (bicyclic) bond motifs is 4. The van der Waals surface area contributed by atoms with Crippen molar-refractivity contribution in [1.82, 2.24) is 0 Å². The Morgan fingerprint density at radius 2 is 1.88 bits per heavy atom. The first-order valence-electron chi connectivity index (χ1n) is 9.87. The minimum absolute atomic E-state index is 0.0556. The lowest BCUT2D eigenvalue weighted by Crippen LogP contribution is -2.42. The van der Waals surface area contributed by atoms with Crippen LogP contribution in [0.3, 0.4) is 0 Å². The predicted molar refractivity (Wildman–Crippen MR) is 97.9 cm³/mol. The highest BCUT2D eigenvalue weighted by Crippen LogP contribution is 2.59. The summed E-state index contributed by atoms with van der Waals surface area (Å²) in [7, 11) is 0. The molecule has 0 N–H and O–H groups in total. The van der Waals surface area contributed by atoms with Gasteiger partial charge < -0.3 is 9.47 Å². The van der Waals surface area contributed by atoms with Crippen LogP contribution in [-0.4, -0.2) is 18.0 Å². The van der Waals surface area contributed by atoms with E-state index in [1.807, 2.05) is 0 Å². The quantitative estimate of drug-likeness (QED) is 0.678. The molecule has 0 heterocycles. The first-order chi connectivity index (χ1) is 12.4. The molecule has 0 bridgehead atoms. The van der Waals surface area contributed by atoms with E-state index < -0.39 is 0 Å². The van der Waals surface area contributed by atoms with Gasteiger partial charge in [0.25, 0.3) is 0 Å². The Morgan fingerprint density at radius 1 is 1.08 bits per heavy atom. The van der Waals surface area contributed by atoms with Crippen LogP contribution in [0.2, 0.25) is 0 Å². The lowest BCUT2D eigenvalue weighted by atomic mass is 9.59. The molecule has 0 saturated heterocycles. The van der Waals surface area contributed by atoms with Gasteiger partial charge in [-0.15, -0.1) is 0 Å². The molecule has 0 radical (unpaired) electrons. The summed E-state index contributed by atoms with van der Waals surface area (Å²) in [6.45, 7) is 5.30. The number of ether oxygens (including phenoxy) is 2. The number of hydrogen-bond acceptors (Lipinski definition) is 4. The van der Waals surface area contributed by atoms with Gasteiger partial charge in [0.1, 0.15) is 11.9 Å². The summed E-state index contributed by atoms with van der Waals surface area (Å²) < 4.78 is 11.0. The van der Waals surface area contributed by atoms with Crippen molar-refractivity contribution in [3.05, 3.63) is 34.6 Å². The first kappa shape index (κ1) is 17.6. The van der Waals surface area contributed by atoms with Gasteiger partial charge in [0.2, 0.25) is 0 Å². The van der Waals surface area contributed by atoms with Gasteiger partial charge in [0, 0.05) is 25.7 Å². The molecule has 140 valence electrons. The maximum absolute atomic E-state index is 11.5. The number of carbonyl (C=O) groups excluding carboxylic acids is 2. The topological polar surface area (TPSA) is 52.6 Å². The molecule has 0 spiro atoms. The fourth-order valence-corrected chi connectivity index (χ4v) is 5.86. The van der Waals surface area contributed by atoms with Gasteiger partial charge in [0.15, 0.2) is 0 Å². The largest absolute Gasteiger partial charge is 0.462 e. The molecule has 0 aromatic rings. The second kappa shape index (κ2) is 6.40. The molecule has 4 aliphatic carbocycles. The van der Waals surface area contributed by atoms with E-state index >= 15 is 0 Å². The van der Waals surface area contributed by atoms with Crippen LogP contribution in [0.25, 0.3) is 0 Å². The molecule has 4 nitrogen and oxygen atoms in total. The third-order valence-electron chi connectivity index (χ3n) is 6.97. The van der Waals surface area contributed by atoms with Crippen molar-refractivity contribution in [2.45, 2.75) is 71.8 Å². The second-order valence-corrected chi connectivity index (χ2v) is 8.50. The van der Waals surface area contributed by atoms with Crippen LogP contribution >= 0.6 is 0 Å². The molecular weight excluding hydrogens is 328 g/mol. The van der Waals surface area contributed by atoms with E-state index in [4.69, 9.17) is 9.47 Å². The zero-order valence-corrected chi connectivity index (χ0v) is 16.0. The summed E-state index contributed by atoms with van der Waals surface area (Å²) in [4.78, 5) is 22.7. The van der Waals surface area contributed by atoms with Crippen molar-refractivity contribution in [2.24, 2.45) is 17.3 Å². The normalized spacial score (nSPS) is 35.6. The molecule has 4 atom stereocenters. The SMILES string of the molecule is CC(=O)OC1=CC2=C(CC1)C1=CCC3(C)C(OC(C)=O)CC[C@H]3C1CC2. The van der Waals surface area contributed by atoms with Gasteiger partial charge >= 0.3 is 11.9 Å². The zero-order chi connectivity index (χ0) is 18.5. The minimum atomic E-state index is -0.232. The number of allylic oxidation sites excluding steroid dienone is 6. The number of carbonyl (C=O) groups is 2. The van der Waals surface area contributed by atoms with Crippen LogP contribution in [0, 0.1) is 17.3 Å². The van der Waals surface area contributed by atoms with Crippen LogP contribution < -0.4 is 0 Å². The van der Waals surface area contributed by atoms with Gasteiger partial charge in [-0.1, -0.05) is 13.0 Å². The molecule has 1 fully saturated rings. The van der Waals surface area contributed by atoms with E-state index in [1.54, 1.807) is 0 Å². The summed E-state index contributed by atoms with van der Waals surface area (Å²) in [5.74, 6) is 1.60. The Hall–Kier alpha value is -1.84. The van der Waals surface area contributed by atoms with Crippen molar-refractivity contribution in [3.8, 4) is 0 Å². The summed E-state index contributed by atoms with van der Waals surface area (Å²) in [6, 6.07) is 0. The van der Waals surface area contributed by atoms with E-state index in [-0.39, 0.29) is 23.5 Å². The molecule has 4 rings (SSSR count). The fourth-order valence-electron chi connectivity index (χ4n) is 5.86. The first-order valence-corrected chi connectivity index (χ1v) is 9.87. The zero-order valence-electron chi connectivity index (χ0n) is 16.0. The summed E-state index contributed by atoms with van der Waals surface area (Å²) in [5.41, 5.74) is 4.43. The van der Waals surface area contributed by atoms with E-state index in [2.05, 4.69) is 19.1 Å². The Labute approximate surface area is 155 Å². The molecule has 0 aromatic carbocycles.